The predicted molar refractivity (Wildman–Crippen MR) is 10.1 cm³/mol. The Morgan fingerprint density at radius 1 is 0.714 bits per heavy atom. The maximum Gasteiger partial charge on any atom is 0.789 e. The summed E-state index contributed by atoms with van der Waals surface area (Å²) in [4.78, 5) is 0. The van der Waals surface area contributed by atoms with Crippen molar-refractivity contribution in [3.05, 3.63) is 0 Å². The van der Waals surface area contributed by atoms with Crippen LogP contribution in [0.5, 0.6) is 0 Å². The molecule has 2 rings (SSSR count). The summed E-state index contributed by atoms with van der Waals surface area (Å²) < 4.78 is 16.8. The van der Waals surface area contributed by atoms with Gasteiger partial charge in [-0.3, -0.25) is 0 Å². The van der Waals surface area contributed by atoms with Crippen molar-refractivity contribution in [2.45, 2.75) is 0 Å². The van der Waals surface area contributed by atoms with E-state index in [1.807, 2.05) is 0 Å². The van der Waals surface area contributed by atoms with Crippen molar-refractivity contribution in [3.63, 3.8) is 0 Å². The summed E-state index contributed by atoms with van der Waals surface area (Å²) >= 11 is 0. The summed E-state index contributed by atoms with van der Waals surface area (Å²) in [5.41, 5.74) is 0. The fraction of sp³-hybridized carbons (Fsp3) is 0. The molecule has 0 amide bonds. The first-order valence-electron chi connectivity index (χ1n) is 1.15. The first kappa shape index (κ1) is 8.30. The average molecular weight is 223 g/mol. The van der Waals surface area contributed by atoms with Crippen molar-refractivity contribution in [1.82, 2.24) is 0 Å². The fourth-order valence-corrected chi connectivity index (χ4v) is 0.779. The molecule has 0 aromatic carbocycles. The monoisotopic (exact) mass is 220 g/mol. The van der Waals surface area contributed by atoms with Gasteiger partial charge in [0.25, 0.3) is 0 Å². The first-order valence-corrected chi connectivity index (χ1v) is 2.78. The van der Waals surface area contributed by atoms with E-state index in [0.29, 0.717) is 0 Å². The molecule has 0 bridgehead atoms. The van der Waals surface area contributed by atoms with Gasteiger partial charge in [0.05, 0.1) is 0 Å². The fourth-order valence-electron chi connectivity index (χ4n) is 0.124. The molecule has 2 heterocycles. The number of hydrogen-bond donors (Lipinski definition) is 0. The van der Waals surface area contributed by atoms with Crippen molar-refractivity contribution < 1.29 is 57.3 Å². The Hall–Kier alpha value is 1.30. The summed E-state index contributed by atoms with van der Waals surface area (Å²) in [5.74, 6) is 0. The summed E-state index contributed by atoms with van der Waals surface area (Å²) in [6.07, 6.45) is 0. The molecule has 32 valence electrons. The van der Waals surface area contributed by atoms with Crippen molar-refractivity contribution in [1.29, 1.82) is 0 Å². The number of rotatable bonds is 0. The van der Waals surface area contributed by atoms with E-state index in [-0.39, 0.29) is 39.0 Å². The average Bonchev–Trinajstić information content (AvgIpc) is 2.17. The van der Waals surface area contributed by atoms with Crippen LogP contribution in [-0.4, -0.2) is 9.05 Å². The van der Waals surface area contributed by atoms with Crippen LogP contribution < -0.4 is 0 Å². The Morgan fingerprint density at radius 3 is 1.00 bits per heavy atom. The van der Waals surface area contributed by atoms with Crippen LogP contribution in [0.2, 0.25) is 0 Å². The molecule has 2 saturated heterocycles. The third-order valence-corrected chi connectivity index (χ3v) is 1.32. The molecule has 2 fully saturated rings. The molecule has 7 heavy (non-hydrogen) atoms. The van der Waals surface area contributed by atoms with Crippen molar-refractivity contribution >= 4 is 9.05 Å². The van der Waals surface area contributed by atoms with Crippen LogP contribution in [0.3, 0.4) is 0 Å². The maximum absolute atomic E-state index is 4.20. The van der Waals surface area contributed by atoms with Gasteiger partial charge in [0, 0.05) is 39.0 Å². The van der Waals surface area contributed by atoms with Crippen molar-refractivity contribution in [3.8, 4) is 0 Å². The molecule has 2 aliphatic rings. The van der Waals surface area contributed by atoms with Crippen LogP contribution in [0.15, 0.2) is 0 Å². The largest absolute Gasteiger partial charge is 0.789 e. The van der Waals surface area contributed by atoms with Gasteiger partial charge in [0.15, 0.2) is 0 Å². The molecule has 0 unspecified atom stereocenters. The van der Waals surface area contributed by atoms with E-state index in [4.69, 9.17) is 0 Å². The van der Waals surface area contributed by atoms with Gasteiger partial charge in [-0.15, -0.1) is 0 Å². The smallest absolute Gasteiger partial charge is 0.197 e. The third kappa shape index (κ3) is 1.61. The Balaban J connectivity index is 0.000000180. The van der Waals surface area contributed by atoms with Crippen LogP contribution in [0, 0.1) is 0 Å². The molecule has 0 N–H and O–H groups in total. The van der Waals surface area contributed by atoms with Gasteiger partial charge < -0.3 is 0 Å². The van der Waals surface area contributed by atoms with Gasteiger partial charge in [0.2, 0.25) is 0 Å². The standard InChI is InChI=1S/O4Si.2Zn/c1-2-5(1)3-4-5;;. The predicted octanol–water partition coefficient (Wildman–Crippen LogP) is -0.659. The van der Waals surface area contributed by atoms with Gasteiger partial charge in [-0.1, -0.05) is 0 Å². The molecule has 0 atom stereocenters. The van der Waals surface area contributed by atoms with Gasteiger partial charge in [0.1, 0.15) is 0 Å². The SMILES string of the molecule is O1O[Si]12OO2.[Zn].[Zn]. The molecular weight excluding hydrogens is 223 g/mol. The molecule has 2 aliphatic heterocycles. The van der Waals surface area contributed by atoms with Gasteiger partial charge >= 0.3 is 9.05 Å². The van der Waals surface area contributed by atoms with Gasteiger partial charge in [-0.2, -0.15) is 18.3 Å². The maximum atomic E-state index is 4.20. The Kier molecular flexibility index (Phi) is 2.69. The van der Waals surface area contributed by atoms with E-state index >= 15 is 0 Å². The first-order chi connectivity index (χ1) is 2.41. The molecule has 0 aromatic rings. The van der Waals surface area contributed by atoms with Crippen molar-refractivity contribution in [2.75, 3.05) is 0 Å². The summed E-state index contributed by atoms with van der Waals surface area (Å²) in [6.45, 7) is 0. The van der Waals surface area contributed by atoms with E-state index in [9.17, 15) is 0 Å². The molecule has 1 spiro atoms. The van der Waals surface area contributed by atoms with Gasteiger partial charge in [-0.05, 0) is 0 Å². The molecule has 0 saturated carbocycles. The topological polar surface area (TPSA) is 50.1 Å². The second-order valence-electron chi connectivity index (χ2n) is 0.833. The van der Waals surface area contributed by atoms with Crippen LogP contribution in [-0.2, 0) is 57.3 Å². The Bertz CT molecular complexity index is 52.6. The van der Waals surface area contributed by atoms with E-state index < -0.39 is 9.05 Å². The van der Waals surface area contributed by atoms with Gasteiger partial charge in [-0.25, -0.2) is 0 Å². The summed E-state index contributed by atoms with van der Waals surface area (Å²) in [5, 5.41) is 0. The second kappa shape index (κ2) is 2.27. The molecule has 7 heteroatoms. The second-order valence-corrected chi connectivity index (χ2v) is 2.50. The zero-order chi connectivity index (χ0) is 3.33. The Morgan fingerprint density at radius 2 is 1.00 bits per heavy atom. The van der Waals surface area contributed by atoms with Crippen LogP contribution in [0.1, 0.15) is 0 Å². The Labute approximate surface area is 66.3 Å². The molecular formula is O4SiZn2. The summed E-state index contributed by atoms with van der Waals surface area (Å²) in [7, 11) is -2.11. The van der Waals surface area contributed by atoms with E-state index in [1.165, 1.54) is 0 Å². The minimum absolute atomic E-state index is 0. The molecule has 4 nitrogen and oxygen atoms in total. The normalized spacial score (nSPS) is 27.4. The molecule has 0 radical (unpaired) electrons. The van der Waals surface area contributed by atoms with Crippen LogP contribution in [0.4, 0.5) is 0 Å². The van der Waals surface area contributed by atoms with Crippen LogP contribution in [0.25, 0.3) is 0 Å². The molecule has 0 aromatic heterocycles. The van der Waals surface area contributed by atoms with Crippen LogP contribution >= 0.6 is 0 Å². The third-order valence-electron chi connectivity index (χ3n) is 0.439. The van der Waals surface area contributed by atoms with E-state index in [2.05, 4.69) is 18.3 Å². The van der Waals surface area contributed by atoms with E-state index in [0.717, 1.165) is 0 Å². The molecule has 0 aliphatic carbocycles. The minimum Gasteiger partial charge on any atom is -0.197 e. The summed E-state index contributed by atoms with van der Waals surface area (Å²) in [6, 6.07) is 0. The zero-order valence-electron chi connectivity index (χ0n) is 3.55. The number of hydrogen-bond acceptors (Lipinski definition) is 4. The minimum atomic E-state index is -2.11. The quantitative estimate of drug-likeness (QED) is 0.310. The van der Waals surface area contributed by atoms with E-state index in [1.54, 1.807) is 0 Å². The zero-order valence-corrected chi connectivity index (χ0v) is 10.5. The van der Waals surface area contributed by atoms with Crippen molar-refractivity contribution in [2.24, 2.45) is 0 Å².